The highest BCUT2D eigenvalue weighted by Gasteiger charge is 2.30. The lowest BCUT2D eigenvalue weighted by Crippen LogP contribution is -2.30. The summed E-state index contributed by atoms with van der Waals surface area (Å²) >= 11 is 0. The number of hydrogen-bond donors (Lipinski definition) is 3. The number of rotatable bonds is 77. The molecule has 0 rings (SSSR count). The van der Waals surface area contributed by atoms with Crippen molar-refractivity contribution < 1.29 is 80.2 Å². The van der Waals surface area contributed by atoms with Crippen LogP contribution < -0.4 is 0 Å². The average molecular weight is 1450 g/mol. The maximum Gasteiger partial charge on any atom is 0.472 e. The van der Waals surface area contributed by atoms with Crippen molar-refractivity contribution in [3.05, 3.63) is 0 Å². The number of carbonyl (C=O) groups excluding carboxylic acids is 4. The summed E-state index contributed by atoms with van der Waals surface area (Å²) in [5, 5.41) is 10.6. The minimum atomic E-state index is -4.96. The van der Waals surface area contributed by atoms with Gasteiger partial charge in [-0.25, -0.2) is 9.13 Å². The van der Waals surface area contributed by atoms with E-state index in [1.807, 2.05) is 0 Å². The van der Waals surface area contributed by atoms with Crippen molar-refractivity contribution in [2.24, 2.45) is 23.7 Å². The van der Waals surface area contributed by atoms with Crippen molar-refractivity contribution in [3.8, 4) is 0 Å². The van der Waals surface area contributed by atoms with E-state index in [9.17, 15) is 43.2 Å². The summed E-state index contributed by atoms with van der Waals surface area (Å²) in [5.41, 5.74) is 0. The number of phosphoric ester groups is 2. The number of phosphoric acid groups is 2. The lowest BCUT2D eigenvalue weighted by molar-refractivity contribution is -0.161. The Labute approximate surface area is 607 Å². The van der Waals surface area contributed by atoms with Gasteiger partial charge in [-0.05, 0) is 49.4 Å². The Kier molecular flexibility index (Phi) is 67.8. The summed E-state index contributed by atoms with van der Waals surface area (Å²) in [6, 6.07) is 0. The molecule has 0 saturated heterocycles. The Morgan fingerprint density at radius 2 is 0.485 bits per heavy atom. The van der Waals surface area contributed by atoms with Gasteiger partial charge < -0.3 is 33.8 Å². The smallest absolute Gasteiger partial charge is 0.462 e. The summed E-state index contributed by atoms with van der Waals surface area (Å²) in [6.07, 6.45) is 55.6. The van der Waals surface area contributed by atoms with Crippen LogP contribution in [0.4, 0.5) is 0 Å². The molecular formula is C80H156O17P2. The van der Waals surface area contributed by atoms with E-state index in [0.717, 1.165) is 114 Å². The third-order valence-electron chi connectivity index (χ3n) is 18.9. The quantitative estimate of drug-likeness (QED) is 0.0222. The molecular weight excluding hydrogens is 1290 g/mol. The fraction of sp³-hybridized carbons (Fsp3) is 0.950. The fourth-order valence-electron chi connectivity index (χ4n) is 12.2. The monoisotopic (exact) mass is 1450 g/mol. The van der Waals surface area contributed by atoms with Gasteiger partial charge in [-0.3, -0.25) is 37.3 Å². The molecule has 0 aromatic heterocycles. The number of carbonyl (C=O) groups is 4. The number of esters is 4. The van der Waals surface area contributed by atoms with Crippen LogP contribution in [-0.4, -0.2) is 96.7 Å². The third-order valence-corrected chi connectivity index (χ3v) is 20.8. The number of hydrogen-bond acceptors (Lipinski definition) is 15. The number of aliphatic hydroxyl groups excluding tert-OH is 1. The standard InChI is InChI=1S/C80H156O17P2/c1-9-73(8)59-51-43-35-29-30-38-47-55-63-80(85)97-76(67-91-78(83)61-53-45-39-31-34-42-50-58-72(6)7)69-95-99(88,89)93-65-74(81)64-92-98(86,87)94-68-75(66-90-77(82)60-52-44-36-27-23-20-16-18-22-26-33-41-49-57-71(4)5)96-79(84)62-54-46-37-28-24-19-15-13-11-10-12-14-17-21-25-32-40-48-56-70(2)3/h70-76,81H,9-69H2,1-8H3,(H,86,87)(H,88,89)/t73?,74?,75-,76-/m1/s1. The lowest BCUT2D eigenvalue weighted by Gasteiger charge is -2.21. The summed E-state index contributed by atoms with van der Waals surface area (Å²) in [6.45, 7) is 14.2. The predicted octanol–water partition coefficient (Wildman–Crippen LogP) is 23.6. The van der Waals surface area contributed by atoms with E-state index >= 15 is 0 Å². The molecule has 0 spiro atoms. The first kappa shape index (κ1) is 97.1. The second-order valence-electron chi connectivity index (χ2n) is 30.5. The molecule has 17 nitrogen and oxygen atoms in total. The molecule has 0 bridgehead atoms. The zero-order valence-corrected chi connectivity index (χ0v) is 66.9. The van der Waals surface area contributed by atoms with Crippen LogP contribution in [0.25, 0.3) is 0 Å². The van der Waals surface area contributed by atoms with Crippen molar-refractivity contribution in [3.63, 3.8) is 0 Å². The summed E-state index contributed by atoms with van der Waals surface area (Å²) in [5.74, 6) is 0.968. The average Bonchev–Trinajstić information content (AvgIpc) is 1.92. The maximum absolute atomic E-state index is 13.1. The molecule has 0 heterocycles. The van der Waals surface area contributed by atoms with Crippen LogP contribution in [0.2, 0.25) is 0 Å². The second kappa shape index (κ2) is 69.1. The number of ether oxygens (including phenoxy) is 4. The molecule has 99 heavy (non-hydrogen) atoms. The molecule has 0 aromatic rings. The molecule has 0 aliphatic rings. The zero-order chi connectivity index (χ0) is 73.1. The molecule has 0 amide bonds. The van der Waals surface area contributed by atoms with Crippen molar-refractivity contribution in [1.82, 2.24) is 0 Å². The van der Waals surface area contributed by atoms with Gasteiger partial charge in [0.15, 0.2) is 12.2 Å². The first-order valence-corrected chi connectivity index (χ1v) is 44.2. The highest BCUT2D eigenvalue weighted by atomic mass is 31.2. The van der Waals surface area contributed by atoms with Crippen LogP contribution >= 0.6 is 15.6 Å². The summed E-state index contributed by atoms with van der Waals surface area (Å²) in [7, 11) is -9.92. The SMILES string of the molecule is CCC(C)CCCCCCCCCCC(=O)O[C@H](COC(=O)CCCCCCCCCC(C)C)COP(=O)(O)OCC(O)COP(=O)(O)OC[C@@H](COC(=O)CCCCCCCCCCCCCCCC(C)C)OC(=O)CCCCCCCCCCCCCCCCCCCCC(C)C. The minimum absolute atomic E-state index is 0.104. The summed E-state index contributed by atoms with van der Waals surface area (Å²) in [4.78, 5) is 72.9. The Bertz CT molecular complexity index is 1940. The zero-order valence-electron chi connectivity index (χ0n) is 65.1. The molecule has 588 valence electrons. The van der Waals surface area contributed by atoms with Crippen molar-refractivity contribution in [2.45, 2.75) is 427 Å². The van der Waals surface area contributed by atoms with Crippen LogP contribution in [0, 0.1) is 23.7 Å². The van der Waals surface area contributed by atoms with Crippen LogP contribution in [-0.2, 0) is 65.4 Å². The van der Waals surface area contributed by atoms with Crippen LogP contribution in [0.1, 0.15) is 409 Å². The van der Waals surface area contributed by atoms with Gasteiger partial charge in [0.25, 0.3) is 0 Å². The second-order valence-corrected chi connectivity index (χ2v) is 33.4. The molecule has 0 saturated carbocycles. The van der Waals surface area contributed by atoms with E-state index < -0.39 is 97.5 Å². The van der Waals surface area contributed by atoms with Crippen molar-refractivity contribution >= 4 is 39.5 Å². The van der Waals surface area contributed by atoms with Crippen molar-refractivity contribution in [2.75, 3.05) is 39.6 Å². The molecule has 6 atom stereocenters. The van der Waals surface area contributed by atoms with E-state index in [-0.39, 0.29) is 25.7 Å². The minimum Gasteiger partial charge on any atom is -0.462 e. The third kappa shape index (κ3) is 72.8. The van der Waals surface area contributed by atoms with Gasteiger partial charge in [-0.15, -0.1) is 0 Å². The molecule has 0 aromatic carbocycles. The van der Waals surface area contributed by atoms with E-state index in [0.29, 0.717) is 31.6 Å². The topological polar surface area (TPSA) is 237 Å². The fourth-order valence-corrected chi connectivity index (χ4v) is 13.8. The predicted molar refractivity (Wildman–Crippen MR) is 404 cm³/mol. The van der Waals surface area contributed by atoms with Crippen LogP contribution in [0.3, 0.4) is 0 Å². The van der Waals surface area contributed by atoms with Gasteiger partial charge in [-0.1, -0.05) is 357 Å². The molecule has 4 unspecified atom stereocenters. The molecule has 0 radical (unpaired) electrons. The summed E-state index contributed by atoms with van der Waals surface area (Å²) < 4.78 is 68.6. The van der Waals surface area contributed by atoms with Gasteiger partial charge in [0.2, 0.25) is 0 Å². The lowest BCUT2D eigenvalue weighted by atomic mass is 9.99. The molecule has 0 aliphatic carbocycles. The van der Waals surface area contributed by atoms with E-state index in [1.165, 1.54) is 205 Å². The highest BCUT2D eigenvalue weighted by Crippen LogP contribution is 2.45. The normalized spacial score (nSPS) is 14.3. The van der Waals surface area contributed by atoms with E-state index in [2.05, 4.69) is 55.4 Å². The molecule has 3 N–H and O–H groups in total. The van der Waals surface area contributed by atoms with Crippen molar-refractivity contribution in [1.29, 1.82) is 0 Å². The van der Waals surface area contributed by atoms with Crippen LogP contribution in [0.5, 0.6) is 0 Å². The highest BCUT2D eigenvalue weighted by molar-refractivity contribution is 7.47. The van der Waals surface area contributed by atoms with Gasteiger partial charge >= 0.3 is 39.5 Å². The maximum atomic E-state index is 13.1. The Morgan fingerprint density at radius 3 is 0.717 bits per heavy atom. The Hall–Kier alpha value is -1.94. The largest absolute Gasteiger partial charge is 0.472 e. The van der Waals surface area contributed by atoms with Gasteiger partial charge in [0, 0.05) is 25.7 Å². The number of unbranched alkanes of at least 4 members (excludes halogenated alkanes) is 42. The van der Waals surface area contributed by atoms with Gasteiger partial charge in [-0.2, -0.15) is 0 Å². The van der Waals surface area contributed by atoms with Crippen LogP contribution in [0.15, 0.2) is 0 Å². The Morgan fingerprint density at radius 1 is 0.283 bits per heavy atom. The number of aliphatic hydroxyl groups is 1. The molecule has 19 heteroatoms. The first-order valence-electron chi connectivity index (χ1n) is 41.2. The van der Waals surface area contributed by atoms with Gasteiger partial charge in [0.1, 0.15) is 19.3 Å². The van der Waals surface area contributed by atoms with Gasteiger partial charge in [0.05, 0.1) is 26.4 Å². The Balaban J connectivity index is 5.22. The first-order chi connectivity index (χ1) is 47.6. The van der Waals surface area contributed by atoms with E-state index in [4.69, 9.17) is 37.0 Å². The molecule has 0 fully saturated rings. The molecule has 0 aliphatic heterocycles. The van der Waals surface area contributed by atoms with E-state index in [1.54, 1.807) is 0 Å².